The molecule has 1 heterocycles. The molecule has 0 bridgehead atoms. The molecule has 0 N–H and O–H groups in total. The first kappa shape index (κ1) is 23.3. The summed E-state index contributed by atoms with van der Waals surface area (Å²) in [5.74, 6) is -0.762. The minimum Gasteiger partial charge on any atom is -0.456 e. The van der Waals surface area contributed by atoms with Crippen LogP contribution >= 0.6 is 15.9 Å². The van der Waals surface area contributed by atoms with E-state index in [4.69, 9.17) is 9.47 Å². The highest BCUT2D eigenvalue weighted by Crippen LogP contribution is 2.32. The molecule has 1 aliphatic heterocycles. The van der Waals surface area contributed by atoms with Gasteiger partial charge in [-0.3, -0.25) is 9.69 Å². The Bertz CT molecular complexity index is 1010. The molecular weight excluding hydrogens is 462 g/mol. The Morgan fingerprint density at radius 2 is 1.71 bits per heavy atom. The number of ether oxygens (including phenoxy) is 2. The van der Waals surface area contributed by atoms with Crippen LogP contribution in [-0.4, -0.2) is 47.0 Å². The average Bonchev–Trinajstić information content (AvgIpc) is 2.99. The van der Waals surface area contributed by atoms with Crippen molar-refractivity contribution in [2.45, 2.75) is 58.7 Å². The van der Waals surface area contributed by atoms with Crippen LogP contribution in [-0.2, 0) is 14.3 Å². The molecule has 6 nitrogen and oxygen atoms in total. The zero-order chi connectivity index (χ0) is 22.9. The standard InChI is InChI=1S/C24H28BrNO5/c1-14-10-20(26(15(14)2)23(29)31-24(3,4)5)22(28)30-13-21(27)18-7-6-17-12-19(25)9-8-16(17)11-18/h6-9,11-12,14-15,20H,10,13H2,1-5H3/t14-,15-,20?/m1/s1. The topological polar surface area (TPSA) is 72.9 Å². The quantitative estimate of drug-likeness (QED) is 0.426. The number of ketones is 1. The maximum atomic E-state index is 12.8. The summed E-state index contributed by atoms with van der Waals surface area (Å²) in [5.41, 5.74) is -0.196. The van der Waals surface area contributed by atoms with Gasteiger partial charge in [-0.2, -0.15) is 0 Å². The highest BCUT2D eigenvalue weighted by atomic mass is 79.9. The van der Waals surface area contributed by atoms with Crippen LogP contribution in [0, 0.1) is 5.92 Å². The van der Waals surface area contributed by atoms with E-state index in [0.717, 1.165) is 15.2 Å². The van der Waals surface area contributed by atoms with Gasteiger partial charge in [-0.15, -0.1) is 0 Å². The molecule has 0 spiro atoms. The van der Waals surface area contributed by atoms with Crippen molar-refractivity contribution in [1.82, 2.24) is 4.90 Å². The first-order valence-electron chi connectivity index (χ1n) is 10.4. The van der Waals surface area contributed by atoms with Gasteiger partial charge in [0, 0.05) is 16.1 Å². The third-order valence-electron chi connectivity index (χ3n) is 5.54. The maximum absolute atomic E-state index is 12.8. The van der Waals surface area contributed by atoms with Crippen molar-refractivity contribution in [2.75, 3.05) is 6.61 Å². The molecule has 3 rings (SSSR count). The molecule has 1 amide bonds. The number of rotatable bonds is 4. The zero-order valence-electron chi connectivity index (χ0n) is 18.5. The molecule has 166 valence electrons. The summed E-state index contributed by atoms with van der Waals surface area (Å²) in [4.78, 5) is 39.5. The summed E-state index contributed by atoms with van der Waals surface area (Å²) in [6.07, 6.45) is -0.0727. The molecule has 1 saturated heterocycles. The largest absolute Gasteiger partial charge is 0.456 e. The van der Waals surface area contributed by atoms with Crippen LogP contribution in [0.15, 0.2) is 40.9 Å². The van der Waals surface area contributed by atoms with Crippen LogP contribution in [0.1, 0.15) is 51.4 Å². The number of fused-ring (bicyclic) bond motifs is 1. The monoisotopic (exact) mass is 489 g/mol. The summed E-state index contributed by atoms with van der Waals surface area (Å²) >= 11 is 3.43. The fourth-order valence-electron chi connectivity index (χ4n) is 3.74. The molecule has 31 heavy (non-hydrogen) atoms. The number of esters is 1. The van der Waals surface area contributed by atoms with E-state index in [1.54, 1.807) is 32.9 Å². The van der Waals surface area contributed by atoms with Crippen molar-refractivity contribution in [3.05, 3.63) is 46.4 Å². The van der Waals surface area contributed by atoms with Gasteiger partial charge in [-0.1, -0.05) is 41.1 Å². The van der Waals surface area contributed by atoms with Gasteiger partial charge < -0.3 is 9.47 Å². The van der Waals surface area contributed by atoms with Crippen molar-refractivity contribution >= 4 is 44.5 Å². The van der Waals surface area contributed by atoms with Crippen molar-refractivity contribution in [3.63, 3.8) is 0 Å². The number of benzene rings is 2. The minimum absolute atomic E-state index is 0.112. The van der Waals surface area contributed by atoms with Gasteiger partial charge in [0.1, 0.15) is 11.6 Å². The molecule has 0 aliphatic carbocycles. The third kappa shape index (κ3) is 5.45. The number of amides is 1. The number of likely N-dealkylation sites (tertiary alicyclic amines) is 1. The Labute approximate surface area is 191 Å². The summed E-state index contributed by atoms with van der Waals surface area (Å²) in [6, 6.07) is 10.2. The second-order valence-electron chi connectivity index (χ2n) is 9.09. The normalized spacial score (nSPS) is 21.2. The summed E-state index contributed by atoms with van der Waals surface area (Å²) in [6.45, 7) is 8.84. The summed E-state index contributed by atoms with van der Waals surface area (Å²) in [5, 5.41) is 1.93. The highest BCUT2D eigenvalue weighted by molar-refractivity contribution is 9.10. The molecule has 3 atom stereocenters. The lowest BCUT2D eigenvalue weighted by Gasteiger charge is -2.30. The Kier molecular flexibility index (Phi) is 6.74. The smallest absolute Gasteiger partial charge is 0.411 e. The molecule has 1 unspecified atom stereocenters. The van der Waals surface area contributed by atoms with Crippen LogP contribution in [0.3, 0.4) is 0 Å². The second kappa shape index (κ2) is 8.99. The molecule has 2 aromatic rings. The lowest BCUT2D eigenvalue weighted by Crippen LogP contribution is -2.47. The fraction of sp³-hybridized carbons (Fsp3) is 0.458. The van der Waals surface area contributed by atoms with E-state index in [0.29, 0.717) is 12.0 Å². The number of carbonyl (C=O) groups is 3. The SMILES string of the molecule is C[C@@H]1CC(C(=O)OCC(=O)c2ccc3cc(Br)ccc3c2)N(C(=O)OC(C)(C)C)[C@@H]1C. The lowest BCUT2D eigenvalue weighted by molar-refractivity contribution is -0.148. The number of nitrogens with zero attached hydrogens (tertiary/aromatic N) is 1. The van der Waals surface area contributed by atoms with E-state index in [1.165, 1.54) is 4.90 Å². The second-order valence-corrected chi connectivity index (χ2v) is 10.0. The number of Topliss-reactive ketones (excluding diaryl/α,β-unsaturated/α-hetero) is 1. The Morgan fingerprint density at radius 1 is 1.06 bits per heavy atom. The lowest BCUT2D eigenvalue weighted by atomic mass is 10.0. The van der Waals surface area contributed by atoms with Crippen LogP contribution < -0.4 is 0 Å². The van der Waals surface area contributed by atoms with Gasteiger partial charge in [0.05, 0.1) is 0 Å². The predicted octanol–water partition coefficient (Wildman–Crippen LogP) is 5.36. The predicted molar refractivity (Wildman–Crippen MR) is 122 cm³/mol. The first-order valence-corrected chi connectivity index (χ1v) is 11.2. The third-order valence-corrected chi connectivity index (χ3v) is 6.03. The van der Waals surface area contributed by atoms with E-state index in [2.05, 4.69) is 15.9 Å². The van der Waals surface area contributed by atoms with E-state index in [9.17, 15) is 14.4 Å². The summed E-state index contributed by atoms with van der Waals surface area (Å²) in [7, 11) is 0. The van der Waals surface area contributed by atoms with Crippen LogP contribution in [0.4, 0.5) is 4.79 Å². The fourth-order valence-corrected chi connectivity index (χ4v) is 4.12. The van der Waals surface area contributed by atoms with Crippen molar-refractivity contribution in [2.24, 2.45) is 5.92 Å². The van der Waals surface area contributed by atoms with Crippen LogP contribution in [0.5, 0.6) is 0 Å². The van der Waals surface area contributed by atoms with Crippen molar-refractivity contribution < 1.29 is 23.9 Å². The van der Waals surface area contributed by atoms with Crippen LogP contribution in [0.2, 0.25) is 0 Å². The molecule has 0 radical (unpaired) electrons. The molecule has 0 aromatic heterocycles. The molecule has 7 heteroatoms. The molecule has 0 saturated carbocycles. The summed E-state index contributed by atoms with van der Waals surface area (Å²) < 4.78 is 11.8. The number of hydrogen-bond acceptors (Lipinski definition) is 5. The van der Waals surface area contributed by atoms with Gasteiger partial charge in [0.15, 0.2) is 12.4 Å². The Hall–Kier alpha value is -2.41. The number of halogens is 1. The van der Waals surface area contributed by atoms with Crippen molar-refractivity contribution in [3.8, 4) is 0 Å². The van der Waals surface area contributed by atoms with Crippen molar-refractivity contribution in [1.29, 1.82) is 0 Å². The molecular formula is C24H28BrNO5. The van der Waals surface area contributed by atoms with E-state index >= 15 is 0 Å². The zero-order valence-corrected chi connectivity index (χ0v) is 20.1. The number of carbonyl (C=O) groups excluding carboxylic acids is 3. The Balaban J connectivity index is 1.68. The minimum atomic E-state index is -0.762. The van der Waals surface area contributed by atoms with Gasteiger partial charge in [0.2, 0.25) is 0 Å². The maximum Gasteiger partial charge on any atom is 0.411 e. The van der Waals surface area contributed by atoms with Gasteiger partial charge in [0.25, 0.3) is 0 Å². The van der Waals surface area contributed by atoms with Crippen LogP contribution in [0.25, 0.3) is 10.8 Å². The number of hydrogen-bond donors (Lipinski definition) is 0. The van der Waals surface area contributed by atoms with E-state index in [1.807, 2.05) is 38.1 Å². The highest BCUT2D eigenvalue weighted by Gasteiger charge is 2.45. The molecule has 1 fully saturated rings. The van der Waals surface area contributed by atoms with E-state index in [-0.39, 0.29) is 24.3 Å². The molecule has 2 aromatic carbocycles. The van der Waals surface area contributed by atoms with Gasteiger partial charge in [-0.25, -0.2) is 9.59 Å². The Morgan fingerprint density at radius 3 is 2.39 bits per heavy atom. The van der Waals surface area contributed by atoms with Gasteiger partial charge in [-0.05, 0) is 69.0 Å². The first-order chi connectivity index (χ1) is 14.5. The van der Waals surface area contributed by atoms with Gasteiger partial charge >= 0.3 is 12.1 Å². The molecule has 1 aliphatic rings. The van der Waals surface area contributed by atoms with E-state index < -0.39 is 23.7 Å². The average molecular weight is 490 g/mol.